The van der Waals surface area contributed by atoms with Gasteiger partial charge in [0.05, 0.1) is 46.8 Å². The summed E-state index contributed by atoms with van der Waals surface area (Å²) in [5, 5.41) is 0. The van der Waals surface area contributed by atoms with Crippen molar-refractivity contribution >= 4 is 42.5 Å². The van der Waals surface area contributed by atoms with Gasteiger partial charge >= 0.3 is 21.1 Å². The zero-order valence-corrected chi connectivity index (χ0v) is 36.7. The van der Waals surface area contributed by atoms with Crippen molar-refractivity contribution in [3.8, 4) is 0 Å². The lowest BCUT2D eigenvalue weighted by Crippen LogP contribution is -2.41. The van der Waals surface area contributed by atoms with E-state index in [0.717, 1.165) is 21.1 Å². The van der Waals surface area contributed by atoms with Gasteiger partial charge in [0.1, 0.15) is 12.2 Å². The number of nitrogens with zero attached hydrogens (tertiary/aromatic N) is 2. The SMILES string of the molecule is C.C.CC1(C)OB(B2OC(C)(C)C(C)(C)O2)OC1(C)C.CC1(C)OCC(c2cncc(B3OC(C)(C)C(C)(C)O3)c2)O1.CC1(C)OCC(c2cncc(Br)c2)O1. The van der Waals surface area contributed by atoms with E-state index in [1.807, 2.05) is 129 Å². The van der Waals surface area contributed by atoms with E-state index < -0.39 is 32.7 Å². The molecule has 0 spiro atoms. The van der Waals surface area contributed by atoms with Gasteiger partial charge in [-0.3, -0.25) is 9.97 Å². The van der Waals surface area contributed by atoms with E-state index in [0.29, 0.717) is 13.2 Å². The van der Waals surface area contributed by atoms with Gasteiger partial charge in [-0.25, -0.2) is 0 Å². The van der Waals surface area contributed by atoms with Gasteiger partial charge in [0, 0.05) is 45.8 Å². The molecule has 2 aromatic rings. The fraction of sp³-hybridized carbons (Fsp3) is 0.750. The fourth-order valence-electron chi connectivity index (χ4n) is 6.07. The number of hydrogen-bond donors (Lipinski definition) is 0. The first kappa shape index (κ1) is 48.9. The number of pyridine rings is 2. The van der Waals surface area contributed by atoms with Crippen LogP contribution in [0.2, 0.25) is 0 Å². The van der Waals surface area contributed by atoms with Crippen LogP contribution in [0.15, 0.2) is 41.4 Å². The maximum atomic E-state index is 6.07. The maximum absolute atomic E-state index is 6.07. The molecule has 12 nitrogen and oxygen atoms in total. The Labute approximate surface area is 347 Å². The van der Waals surface area contributed by atoms with Gasteiger partial charge in [-0.1, -0.05) is 20.9 Å². The van der Waals surface area contributed by atoms with Crippen LogP contribution in [0.5, 0.6) is 0 Å². The zero-order valence-electron chi connectivity index (χ0n) is 35.1. The molecule has 314 valence electrons. The highest BCUT2D eigenvalue weighted by atomic mass is 79.9. The monoisotopic (exact) mass is 848 g/mol. The summed E-state index contributed by atoms with van der Waals surface area (Å²) < 4.78 is 59.7. The molecule has 0 amide bonds. The molecule has 2 unspecified atom stereocenters. The maximum Gasteiger partial charge on any atom is 0.496 e. The summed E-state index contributed by atoms with van der Waals surface area (Å²) in [6.07, 6.45) is 7.04. The number of hydrogen-bond acceptors (Lipinski definition) is 12. The molecule has 0 N–H and O–H groups in total. The van der Waals surface area contributed by atoms with Crippen molar-refractivity contribution < 1.29 is 46.9 Å². The van der Waals surface area contributed by atoms with Crippen molar-refractivity contribution in [1.82, 2.24) is 9.97 Å². The quantitative estimate of drug-likeness (QED) is 0.275. The molecule has 16 heteroatoms. The number of ether oxygens (including phenoxy) is 4. The minimum atomic E-state index is -0.551. The Morgan fingerprint density at radius 2 is 0.839 bits per heavy atom. The smallest absolute Gasteiger partial charge is 0.405 e. The molecule has 7 heterocycles. The highest BCUT2D eigenvalue weighted by Gasteiger charge is 2.63. The second-order valence-electron chi connectivity index (χ2n) is 18.5. The minimum absolute atomic E-state index is 0. The lowest BCUT2D eigenvalue weighted by atomic mass is 9.49. The summed E-state index contributed by atoms with van der Waals surface area (Å²) in [6.45, 7) is 33.2. The fourth-order valence-corrected chi connectivity index (χ4v) is 6.45. The molecule has 5 aliphatic heterocycles. The molecule has 2 atom stereocenters. The van der Waals surface area contributed by atoms with Crippen LogP contribution in [0.3, 0.4) is 0 Å². The minimum Gasteiger partial charge on any atom is -0.405 e. The van der Waals surface area contributed by atoms with Crippen molar-refractivity contribution in [1.29, 1.82) is 0 Å². The lowest BCUT2D eigenvalue weighted by molar-refractivity contribution is -0.139. The molecule has 56 heavy (non-hydrogen) atoms. The summed E-state index contributed by atoms with van der Waals surface area (Å²) in [7, 11) is -1.36. The number of rotatable bonds is 4. The molecule has 0 radical (unpaired) electrons. The Bertz CT molecular complexity index is 1560. The summed E-state index contributed by atoms with van der Waals surface area (Å²) in [4.78, 5) is 8.42. The van der Waals surface area contributed by atoms with Crippen molar-refractivity contribution in [2.24, 2.45) is 0 Å². The Kier molecular flexibility index (Phi) is 14.8. The normalized spacial score (nSPS) is 28.0. The van der Waals surface area contributed by atoms with Gasteiger partial charge in [0.25, 0.3) is 0 Å². The van der Waals surface area contributed by atoms with Gasteiger partial charge in [-0.2, -0.15) is 0 Å². The standard InChI is InChI=1S/C16H24BNO4.C12H24B2O4.C10H12BrNO2.2CH4/c1-14(2)15(3,4)22-17(21-14)12-7-11(8-18-9-12)13-10-19-16(5,6)20-13;1-9(2)10(3,4)16-13(15-9)14-17-11(5,6)12(7,8)18-14;1-10(2)13-6-9(14-10)7-3-8(11)5-12-4-7;;/h7-9,13H,10H2,1-6H3;1-8H3;3-5,9H,6H2,1-2H3;2*1H4. The van der Waals surface area contributed by atoms with Gasteiger partial charge in [0.2, 0.25) is 0 Å². The number of aromatic nitrogens is 2. The first-order chi connectivity index (χ1) is 24.5. The van der Waals surface area contributed by atoms with Gasteiger partial charge in [0.15, 0.2) is 11.6 Å². The largest absolute Gasteiger partial charge is 0.496 e. The highest BCUT2D eigenvalue weighted by molar-refractivity contribution is 9.10. The first-order valence-electron chi connectivity index (χ1n) is 18.8. The van der Waals surface area contributed by atoms with E-state index in [9.17, 15) is 0 Å². The van der Waals surface area contributed by atoms with E-state index >= 15 is 0 Å². The van der Waals surface area contributed by atoms with E-state index in [1.54, 1.807) is 18.6 Å². The molecule has 7 rings (SSSR count). The van der Waals surface area contributed by atoms with E-state index in [2.05, 4.69) is 25.9 Å². The first-order valence-corrected chi connectivity index (χ1v) is 19.6. The summed E-state index contributed by atoms with van der Waals surface area (Å²) in [5.74, 6) is -1.03. The second kappa shape index (κ2) is 16.9. The molecule has 0 aliphatic carbocycles. The Morgan fingerprint density at radius 3 is 1.18 bits per heavy atom. The number of halogens is 1. The molecular weight excluding hydrogens is 781 g/mol. The summed E-state index contributed by atoms with van der Waals surface area (Å²) >= 11 is 3.38. The lowest BCUT2D eigenvalue weighted by Gasteiger charge is -2.32. The Morgan fingerprint density at radius 1 is 0.500 bits per heavy atom. The molecule has 0 saturated carbocycles. The third-order valence-electron chi connectivity index (χ3n) is 11.6. The van der Waals surface area contributed by atoms with Crippen LogP contribution in [0.1, 0.15) is 149 Å². The average molecular weight is 849 g/mol. The van der Waals surface area contributed by atoms with Crippen LogP contribution in [0.4, 0.5) is 0 Å². The molecular formula is C40H68B3BrN2O10. The zero-order chi connectivity index (χ0) is 40.3. The molecule has 5 fully saturated rings. The molecule has 0 aromatic carbocycles. The van der Waals surface area contributed by atoms with Crippen LogP contribution in [-0.4, -0.2) is 89.5 Å². The topological polar surface area (TPSA) is 118 Å². The van der Waals surface area contributed by atoms with Crippen molar-refractivity contribution in [3.05, 3.63) is 52.5 Å². The highest BCUT2D eigenvalue weighted by Crippen LogP contribution is 2.43. The molecule has 0 bridgehead atoms. The van der Waals surface area contributed by atoms with Crippen molar-refractivity contribution in [2.75, 3.05) is 13.2 Å². The van der Waals surface area contributed by atoms with E-state index in [-0.39, 0.29) is 60.7 Å². The predicted molar refractivity (Wildman–Crippen MR) is 225 cm³/mol. The average Bonchev–Trinajstić information content (AvgIpc) is 3.76. The van der Waals surface area contributed by atoms with E-state index in [4.69, 9.17) is 46.9 Å². The summed E-state index contributed by atoms with van der Waals surface area (Å²) in [5.41, 5.74) is 0.781. The third kappa shape index (κ3) is 10.8. The van der Waals surface area contributed by atoms with Crippen LogP contribution in [0.25, 0.3) is 0 Å². The third-order valence-corrected chi connectivity index (χ3v) is 12.0. The van der Waals surface area contributed by atoms with E-state index in [1.165, 1.54) is 0 Å². The Hall–Kier alpha value is -1.43. The Balaban J connectivity index is 0.000000227. The van der Waals surface area contributed by atoms with Gasteiger partial charge < -0.3 is 46.9 Å². The summed E-state index contributed by atoms with van der Waals surface area (Å²) in [6, 6.07) is 4.03. The van der Waals surface area contributed by atoms with Crippen LogP contribution < -0.4 is 5.46 Å². The molecule has 5 aliphatic rings. The van der Waals surface area contributed by atoms with Crippen LogP contribution in [-0.2, 0) is 46.9 Å². The van der Waals surface area contributed by atoms with Crippen LogP contribution in [0, 0.1) is 0 Å². The van der Waals surface area contributed by atoms with Crippen LogP contribution >= 0.6 is 15.9 Å². The van der Waals surface area contributed by atoms with Crippen molar-refractivity contribution in [2.45, 2.75) is 183 Å². The predicted octanol–water partition coefficient (Wildman–Crippen LogP) is 8.39. The van der Waals surface area contributed by atoms with Crippen molar-refractivity contribution in [3.63, 3.8) is 0 Å². The van der Waals surface area contributed by atoms with Gasteiger partial charge in [-0.05, 0) is 133 Å². The molecule has 5 saturated heterocycles. The second-order valence-corrected chi connectivity index (χ2v) is 19.4. The van der Waals surface area contributed by atoms with Gasteiger partial charge in [-0.15, -0.1) is 0 Å². The molecule has 2 aromatic heterocycles.